The maximum atomic E-state index is 9.92. The standard InChI is InChI=1S/C16H22N2O2/c1-12(19)15-5-3-4-8-18(15)11-14-7-6-13(10-17)9-16(14)20-2/h6-7,9,12,15,19H,3-5,8,11H2,1-2H3. The summed E-state index contributed by atoms with van der Waals surface area (Å²) in [7, 11) is 1.63. The quantitative estimate of drug-likeness (QED) is 0.915. The first-order valence-corrected chi connectivity index (χ1v) is 7.15. The molecule has 1 aromatic carbocycles. The number of ether oxygens (including phenoxy) is 1. The van der Waals surface area contributed by atoms with Gasteiger partial charge in [-0.25, -0.2) is 0 Å². The van der Waals surface area contributed by atoms with Gasteiger partial charge >= 0.3 is 0 Å². The number of nitrogens with zero attached hydrogens (tertiary/aromatic N) is 2. The van der Waals surface area contributed by atoms with Gasteiger partial charge in [0.1, 0.15) is 5.75 Å². The Morgan fingerprint density at radius 2 is 2.30 bits per heavy atom. The molecular formula is C16H22N2O2. The number of hydrogen-bond donors (Lipinski definition) is 1. The fraction of sp³-hybridized carbons (Fsp3) is 0.562. The van der Waals surface area contributed by atoms with Crippen LogP contribution in [0, 0.1) is 11.3 Å². The SMILES string of the molecule is COc1cc(C#N)ccc1CN1CCCCC1C(C)O. The Morgan fingerprint density at radius 3 is 2.95 bits per heavy atom. The average molecular weight is 274 g/mol. The largest absolute Gasteiger partial charge is 0.496 e. The van der Waals surface area contributed by atoms with E-state index in [-0.39, 0.29) is 12.1 Å². The summed E-state index contributed by atoms with van der Waals surface area (Å²) in [6.45, 7) is 3.61. The van der Waals surface area contributed by atoms with Crippen LogP contribution in [0.5, 0.6) is 5.75 Å². The highest BCUT2D eigenvalue weighted by Gasteiger charge is 2.26. The van der Waals surface area contributed by atoms with Crippen molar-refractivity contribution in [1.82, 2.24) is 4.90 Å². The molecule has 2 atom stereocenters. The van der Waals surface area contributed by atoms with Gasteiger partial charge in [0.15, 0.2) is 0 Å². The topological polar surface area (TPSA) is 56.5 Å². The highest BCUT2D eigenvalue weighted by molar-refractivity contribution is 5.42. The molecule has 1 aromatic rings. The number of piperidine rings is 1. The van der Waals surface area contributed by atoms with Crippen LogP contribution in [0.1, 0.15) is 37.3 Å². The second kappa shape index (κ2) is 6.74. The molecule has 0 amide bonds. The number of aliphatic hydroxyl groups excluding tert-OH is 1. The van der Waals surface area contributed by atoms with Gasteiger partial charge in [0.2, 0.25) is 0 Å². The van der Waals surface area contributed by atoms with Crippen LogP contribution in [0.25, 0.3) is 0 Å². The molecule has 4 nitrogen and oxygen atoms in total. The smallest absolute Gasteiger partial charge is 0.124 e. The van der Waals surface area contributed by atoms with Crippen LogP contribution >= 0.6 is 0 Å². The van der Waals surface area contributed by atoms with E-state index in [0.29, 0.717) is 5.56 Å². The average Bonchev–Trinajstić information content (AvgIpc) is 2.48. The van der Waals surface area contributed by atoms with Crippen molar-refractivity contribution < 1.29 is 9.84 Å². The van der Waals surface area contributed by atoms with Crippen molar-refractivity contribution in [1.29, 1.82) is 5.26 Å². The summed E-state index contributed by atoms with van der Waals surface area (Å²) in [6.07, 6.45) is 3.06. The van der Waals surface area contributed by atoms with Crippen molar-refractivity contribution in [3.05, 3.63) is 29.3 Å². The summed E-state index contributed by atoms with van der Waals surface area (Å²) in [5.74, 6) is 0.749. The van der Waals surface area contributed by atoms with Gasteiger partial charge in [-0.3, -0.25) is 4.90 Å². The van der Waals surface area contributed by atoms with Crippen molar-refractivity contribution in [2.75, 3.05) is 13.7 Å². The Bertz CT molecular complexity index is 494. The highest BCUT2D eigenvalue weighted by Crippen LogP contribution is 2.26. The highest BCUT2D eigenvalue weighted by atomic mass is 16.5. The Morgan fingerprint density at radius 1 is 1.50 bits per heavy atom. The lowest BCUT2D eigenvalue weighted by molar-refractivity contribution is 0.0313. The number of nitriles is 1. The maximum absolute atomic E-state index is 9.92. The lowest BCUT2D eigenvalue weighted by Gasteiger charge is -2.37. The molecule has 1 saturated heterocycles. The van der Waals surface area contributed by atoms with Crippen molar-refractivity contribution in [2.24, 2.45) is 0 Å². The normalized spacial score (nSPS) is 21.2. The van der Waals surface area contributed by atoms with Crippen LogP contribution < -0.4 is 4.74 Å². The van der Waals surface area contributed by atoms with E-state index in [1.165, 1.54) is 12.8 Å². The zero-order chi connectivity index (χ0) is 14.5. The van der Waals surface area contributed by atoms with Gasteiger partial charge in [-0.2, -0.15) is 5.26 Å². The lowest BCUT2D eigenvalue weighted by Crippen LogP contribution is -2.45. The molecule has 4 heteroatoms. The Balaban J connectivity index is 2.18. The number of rotatable bonds is 4. The van der Waals surface area contributed by atoms with Gasteiger partial charge in [0.05, 0.1) is 24.8 Å². The van der Waals surface area contributed by atoms with E-state index in [9.17, 15) is 5.11 Å². The van der Waals surface area contributed by atoms with Crippen LogP contribution in [-0.2, 0) is 6.54 Å². The zero-order valence-corrected chi connectivity index (χ0v) is 12.2. The van der Waals surface area contributed by atoms with E-state index in [0.717, 1.165) is 30.8 Å². The molecule has 1 aliphatic rings. The molecule has 0 saturated carbocycles. The molecule has 20 heavy (non-hydrogen) atoms. The molecular weight excluding hydrogens is 252 g/mol. The number of likely N-dealkylation sites (tertiary alicyclic amines) is 1. The van der Waals surface area contributed by atoms with Gasteiger partial charge in [-0.15, -0.1) is 0 Å². The second-order valence-electron chi connectivity index (χ2n) is 5.41. The van der Waals surface area contributed by atoms with Gasteiger partial charge in [0.25, 0.3) is 0 Å². The minimum Gasteiger partial charge on any atom is -0.496 e. The summed E-state index contributed by atoms with van der Waals surface area (Å²) in [4.78, 5) is 2.32. The molecule has 0 aromatic heterocycles. The van der Waals surface area contributed by atoms with Crippen LogP contribution in [0.2, 0.25) is 0 Å². The minimum absolute atomic E-state index is 0.212. The van der Waals surface area contributed by atoms with Crippen LogP contribution in [0.15, 0.2) is 18.2 Å². The Labute approximate surface area is 120 Å². The summed E-state index contributed by atoms with van der Waals surface area (Å²) >= 11 is 0. The number of benzene rings is 1. The molecule has 2 unspecified atom stereocenters. The molecule has 1 heterocycles. The second-order valence-corrected chi connectivity index (χ2v) is 5.41. The molecule has 2 rings (SSSR count). The number of aliphatic hydroxyl groups is 1. The first-order valence-electron chi connectivity index (χ1n) is 7.15. The summed E-state index contributed by atoms with van der Waals surface area (Å²) in [5, 5.41) is 18.9. The Hall–Kier alpha value is -1.57. The van der Waals surface area contributed by atoms with Crippen molar-refractivity contribution >= 4 is 0 Å². The van der Waals surface area contributed by atoms with Crippen molar-refractivity contribution in [2.45, 2.75) is 44.9 Å². The van der Waals surface area contributed by atoms with Crippen LogP contribution in [-0.4, -0.2) is 35.8 Å². The predicted molar refractivity (Wildman–Crippen MR) is 77.4 cm³/mol. The maximum Gasteiger partial charge on any atom is 0.124 e. The van der Waals surface area contributed by atoms with E-state index < -0.39 is 0 Å². The molecule has 1 aliphatic heterocycles. The first kappa shape index (κ1) is 14.8. The van der Waals surface area contributed by atoms with E-state index in [1.54, 1.807) is 13.2 Å². The van der Waals surface area contributed by atoms with Crippen molar-refractivity contribution in [3.8, 4) is 11.8 Å². The monoisotopic (exact) mass is 274 g/mol. The third-order valence-electron chi connectivity index (χ3n) is 4.01. The molecule has 0 bridgehead atoms. The molecule has 1 fully saturated rings. The minimum atomic E-state index is -0.320. The van der Waals surface area contributed by atoms with Gasteiger partial charge in [0, 0.05) is 18.2 Å². The lowest BCUT2D eigenvalue weighted by atomic mass is 9.97. The van der Waals surface area contributed by atoms with E-state index in [4.69, 9.17) is 10.00 Å². The molecule has 108 valence electrons. The number of methoxy groups -OCH3 is 1. The molecule has 0 radical (unpaired) electrons. The van der Waals surface area contributed by atoms with Gasteiger partial charge in [-0.05, 0) is 38.4 Å². The molecule has 0 aliphatic carbocycles. The zero-order valence-electron chi connectivity index (χ0n) is 12.2. The van der Waals surface area contributed by atoms with E-state index in [2.05, 4.69) is 11.0 Å². The predicted octanol–water partition coefficient (Wildman–Crippen LogP) is 2.30. The fourth-order valence-corrected chi connectivity index (χ4v) is 2.92. The molecule has 0 spiro atoms. The van der Waals surface area contributed by atoms with Crippen LogP contribution in [0.3, 0.4) is 0 Å². The molecule has 1 N–H and O–H groups in total. The fourth-order valence-electron chi connectivity index (χ4n) is 2.92. The summed E-state index contributed by atoms with van der Waals surface area (Å²) in [6, 6.07) is 7.88. The number of hydrogen-bond acceptors (Lipinski definition) is 4. The van der Waals surface area contributed by atoms with E-state index in [1.807, 2.05) is 19.1 Å². The summed E-state index contributed by atoms with van der Waals surface area (Å²) in [5.41, 5.74) is 1.68. The van der Waals surface area contributed by atoms with Gasteiger partial charge in [-0.1, -0.05) is 12.5 Å². The third kappa shape index (κ3) is 3.30. The van der Waals surface area contributed by atoms with Gasteiger partial charge < -0.3 is 9.84 Å². The Kier molecular flexibility index (Phi) is 4.99. The van der Waals surface area contributed by atoms with E-state index >= 15 is 0 Å². The van der Waals surface area contributed by atoms with Crippen LogP contribution in [0.4, 0.5) is 0 Å². The third-order valence-corrected chi connectivity index (χ3v) is 4.01. The van der Waals surface area contributed by atoms with Crippen molar-refractivity contribution in [3.63, 3.8) is 0 Å². The summed E-state index contributed by atoms with van der Waals surface area (Å²) < 4.78 is 5.38. The first-order chi connectivity index (χ1) is 9.65.